The van der Waals surface area contributed by atoms with Crippen LogP contribution in [-0.2, 0) is 4.79 Å². The minimum atomic E-state index is -0.150. The summed E-state index contributed by atoms with van der Waals surface area (Å²) in [7, 11) is 0. The molecule has 0 radical (unpaired) electrons. The fourth-order valence-electron chi connectivity index (χ4n) is 3.09. The van der Waals surface area contributed by atoms with Gasteiger partial charge >= 0.3 is 0 Å². The Balaban J connectivity index is 1.54. The van der Waals surface area contributed by atoms with Crippen LogP contribution in [0.2, 0.25) is 5.02 Å². The van der Waals surface area contributed by atoms with E-state index in [4.69, 9.17) is 11.6 Å². The maximum atomic E-state index is 12.5. The van der Waals surface area contributed by atoms with Gasteiger partial charge in [0.25, 0.3) is 0 Å². The van der Waals surface area contributed by atoms with Crippen molar-refractivity contribution >= 4 is 28.9 Å². The lowest BCUT2D eigenvalue weighted by molar-refractivity contribution is -0.120. The van der Waals surface area contributed by atoms with E-state index in [-0.39, 0.29) is 11.9 Å². The summed E-state index contributed by atoms with van der Waals surface area (Å²) in [5, 5.41) is 3.76. The van der Waals surface area contributed by atoms with Crippen molar-refractivity contribution in [1.29, 1.82) is 0 Å². The molecule has 0 saturated carbocycles. The fourth-order valence-corrected chi connectivity index (χ4v) is 3.27. The molecule has 132 valence electrons. The van der Waals surface area contributed by atoms with Gasteiger partial charge in [-0.2, -0.15) is 0 Å². The summed E-state index contributed by atoms with van der Waals surface area (Å²) in [4.78, 5) is 17.0. The molecule has 0 aromatic heterocycles. The number of anilines is 2. The third-order valence-corrected chi connectivity index (χ3v) is 4.97. The van der Waals surface area contributed by atoms with E-state index >= 15 is 0 Å². The third-order valence-electron chi connectivity index (χ3n) is 4.73. The van der Waals surface area contributed by atoms with Crippen LogP contribution in [0.3, 0.4) is 0 Å². The molecule has 1 heterocycles. The summed E-state index contributed by atoms with van der Waals surface area (Å²) in [6, 6.07) is 15.7. The Kier molecular flexibility index (Phi) is 5.61. The molecule has 3 rings (SSSR count). The topological polar surface area (TPSA) is 35.6 Å². The van der Waals surface area contributed by atoms with Gasteiger partial charge in [-0.3, -0.25) is 9.69 Å². The monoisotopic (exact) mass is 357 g/mol. The van der Waals surface area contributed by atoms with Crippen molar-refractivity contribution in [3.05, 3.63) is 59.1 Å². The molecular formula is C20H24ClN3O. The first-order chi connectivity index (χ1) is 12.0. The molecule has 1 saturated heterocycles. The van der Waals surface area contributed by atoms with Crippen LogP contribution in [0, 0.1) is 6.92 Å². The number of halogens is 1. The highest BCUT2D eigenvalue weighted by Gasteiger charge is 2.25. The van der Waals surface area contributed by atoms with Crippen molar-refractivity contribution in [2.45, 2.75) is 19.9 Å². The second-order valence-corrected chi connectivity index (χ2v) is 6.97. The Hall–Kier alpha value is -2.04. The van der Waals surface area contributed by atoms with E-state index in [1.54, 1.807) is 0 Å². The molecule has 1 aliphatic rings. The molecule has 1 N–H and O–H groups in total. The Morgan fingerprint density at radius 3 is 2.40 bits per heavy atom. The molecule has 0 spiro atoms. The van der Waals surface area contributed by atoms with Gasteiger partial charge in [0.05, 0.1) is 6.04 Å². The van der Waals surface area contributed by atoms with Gasteiger partial charge < -0.3 is 10.2 Å². The zero-order valence-corrected chi connectivity index (χ0v) is 15.5. The summed E-state index contributed by atoms with van der Waals surface area (Å²) in [6.45, 7) is 7.50. The number of carbonyl (C=O) groups is 1. The standard InChI is InChI=1S/C20H24ClN3O/c1-15-6-8-18(9-7-15)22-20(25)16(2)23-10-12-24(13-11-23)19-5-3-4-17(21)14-19/h3-9,14,16H,10-13H2,1-2H3,(H,22,25). The molecule has 1 aliphatic heterocycles. The highest BCUT2D eigenvalue weighted by Crippen LogP contribution is 2.21. The predicted octanol–water partition coefficient (Wildman–Crippen LogP) is 3.80. The van der Waals surface area contributed by atoms with Crippen LogP contribution in [0.15, 0.2) is 48.5 Å². The van der Waals surface area contributed by atoms with Crippen LogP contribution in [0.5, 0.6) is 0 Å². The van der Waals surface area contributed by atoms with Gasteiger partial charge in [-0.15, -0.1) is 0 Å². The summed E-state index contributed by atoms with van der Waals surface area (Å²) in [5.41, 5.74) is 3.17. The number of rotatable bonds is 4. The Bertz CT molecular complexity index is 724. The number of piperazine rings is 1. The van der Waals surface area contributed by atoms with E-state index in [0.717, 1.165) is 42.6 Å². The molecular weight excluding hydrogens is 334 g/mol. The zero-order valence-electron chi connectivity index (χ0n) is 14.7. The summed E-state index contributed by atoms with van der Waals surface area (Å²) < 4.78 is 0. The molecule has 1 unspecified atom stereocenters. The SMILES string of the molecule is Cc1ccc(NC(=O)C(C)N2CCN(c3cccc(Cl)c3)CC2)cc1. The zero-order chi connectivity index (χ0) is 17.8. The molecule has 0 aliphatic carbocycles. The van der Waals surface area contributed by atoms with E-state index in [1.165, 1.54) is 5.56 Å². The average molecular weight is 358 g/mol. The number of amides is 1. The van der Waals surface area contributed by atoms with Gasteiger partial charge in [-0.05, 0) is 44.2 Å². The van der Waals surface area contributed by atoms with E-state index in [0.29, 0.717) is 0 Å². The van der Waals surface area contributed by atoms with E-state index in [1.807, 2.05) is 56.3 Å². The highest BCUT2D eigenvalue weighted by atomic mass is 35.5. The van der Waals surface area contributed by atoms with Crippen molar-refractivity contribution in [2.75, 3.05) is 36.4 Å². The van der Waals surface area contributed by atoms with Gasteiger partial charge in [0.2, 0.25) is 5.91 Å². The number of benzene rings is 2. The summed E-state index contributed by atoms with van der Waals surface area (Å²) in [5.74, 6) is 0.0417. The largest absolute Gasteiger partial charge is 0.369 e. The molecule has 1 amide bonds. The van der Waals surface area contributed by atoms with Crippen molar-refractivity contribution in [1.82, 2.24) is 4.90 Å². The number of aryl methyl sites for hydroxylation is 1. The molecule has 1 fully saturated rings. The maximum absolute atomic E-state index is 12.5. The summed E-state index contributed by atoms with van der Waals surface area (Å²) >= 11 is 6.08. The number of carbonyl (C=O) groups excluding carboxylic acids is 1. The normalized spacial score (nSPS) is 16.5. The quantitative estimate of drug-likeness (QED) is 0.904. The lowest BCUT2D eigenvalue weighted by Gasteiger charge is -2.38. The first-order valence-electron chi connectivity index (χ1n) is 8.65. The van der Waals surface area contributed by atoms with Gasteiger partial charge in [-0.1, -0.05) is 35.4 Å². The average Bonchev–Trinajstić information content (AvgIpc) is 2.63. The number of nitrogens with one attached hydrogen (secondary N) is 1. The predicted molar refractivity (Wildman–Crippen MR) is 105 cm³/mol. The van der Waals surface area contributed by atoms with Crippen LogP contribution < -0.4 is 10.2 Å². The Morgan fingerprint density at radius 1 is 1.08 bits per heavy atom. The Labute approximate surface area is 154 Å². The molecule has 1 atom stereocenters. The minimum Gasteiger partial charge on any atom is -0.369 e. The first kappa shape index (κ1) is 17.8. The number of hydrogen-bond acceptors (Lipinski definition) is 3. The molecule has 0 bridgehead atoms. The molecule has 25 heavy (non-hydrogen) atoms. The van der Waals surface area contributed by atoms with Crippen LogP contribution in [-0.4, -0.2) is 43.0 Å². The van der Waals surface area contributed by atoms with Crippen LogP contribution in [0.1, 0.15) is 12.5 Å². The lowest BCUT2D eigenvalue weighted by atomic mass is 10.2. The van der Waals surface area contributed by atoms with Crippen molar-refractivity contribution in [3.63, 3.8) is 0 Å². The van der Waals surface area contributed by atoms with Gasteiger partial charge in [0, 0.05) is 42.6 Å². The van der Waals surface area contributed by atoms with Crippen molar-refractivity contribution < 1.29 is 4.79 Å². The number of hydrogen-bond donors (Lipinski definition) is 1. The van der Waals surface area contributed by atoms with E-state index in [2.05, 4.69) is 21.2 Å². The van der Waals surface area contributed by atoms with Gasteiger partial charge in [0.1, 0.15) is 0 Å². The smallest absolute Gasteiger partial charge is 0.241 e. The number of nitrogens with zero attached hydrogens (tertiary/aromatic N) is 2. The van der Waals surface area contributed by atoms with Gasteiger partial charge in [0.15, 0.2) is 0 Å². The second kappa shape index (κ2) is 7.89. The fraction of sp³-hybridized carbons (Fsp3) is 0.350. The van der Waals surface area contributed by atoms with E-state index < -0.39 is 0 Å². The van der Waals surface area contributed by atoms with Crippen LogP contribution in [0.25, 0.3) is 0 Å². The Morgan fingerprint density at radius 2 is 1.76 bits per heavy atom. The molecule has 4 nitrogen and oxygen atoms in total. The van der Waals surface area contributed by atoms with Gasteiger partial charge in [-0.25, -0.2) is 0 Å². The van der Waals surface area contributed by atoms with Crippen molar-refractivity contribution in [3.8, 4) is 0 Å². The highest BCUT2D eigenvalue weighted by molar-refractivity contribution is 6.30. The molecule has 2 aromatic rings. The van der Waals surface area contributed by atoms with E-state index in [9.17, 15) is 4.79 Å². The minimum absolute atomic E-state index is 0.0417. The lowest BCUT2D eigenvalue weighted by Crippen LogP contribution is -2.52. The van der Waals surface area contributed by atoms with Crippen molar-refractivity contribution in [2.24, 2.45) is 0 Å². The van der Waals surface area contributed by atoms with Crippen LogP contribution in [0.4, 0.5) is 11.4 Å². The maximum Gasteiger partial charge on any atom is 0.241 e. The second-order valence-electron chi connectivity index (χ2n) is 6.53. The molecule has 5 heteroatoms. The summed E-state index contributed by atoms with van der Waals surface area (Å²) in [6.07, 6.45) is 0. The van der Waals surface area contributed by atoms with Crippen LogP contribution >= 0.6 is 11.6 Å². The molecule has 2 aromatic carbocycles. The third kappa shape index (κ3) is 4.53. The first-order valence-corrected chi connectivity index (χ1v) is 9.03.